The van der Waals surface area contributed by atoms with Crippen molar-refractivity contribution in [2.75, 3.05) is 26.0 Å². The molecule has 3 rings (SSSR count). The number of ether oxygens (including phenoxy) is 1. The quantitative estimate of drug-likeness (QED) is 0.896. The second kappa shape index (κ2) is 5.42. The van der Waals surface area contributed by atoms with Gasteiger partial charge in [-0.15, -0.1) is 0 Å². The number of nitrogens with one attached hydrogen (secondary N) is 2. The molecular weight excluding hydrogens is 275 g/mol. The van der Waals surface area contributed by atoms with Gasteiger partial charge in [0.2, 0.25) is 5.91 Å². The molecule has 0 radical (unpaired) electrons. The Bertz CT molecular complexity index is 672. The summed E-state index contributed by atoms with van der Waals surface area (Å²) < 4.78 is 19.1. The fourth-order valence-corrected chi connectivity index (χ4v) is 2.75. The number of halogens is 1. The molecule has 7 heteroatoms. The van der Waals surface area contributed by atoms with Gasteiger partial charge in [-0.25, -0.2) is 4.39 Å². The summed E-state index contributed by atoms with van der Waals surface area (Å²) in [6.07, 6.45) is 0.655. The Hall–Kier alpha value is -1.99. The third-order valence-electron chi connectivity index (χ3n) is 3.93. The minimum absolute atomic E-state index is 0.0402. The van der Waals surface area contributed by atoms with E-state index in [1.807, 2.05) is 11.9 Å². The number of aromatic amines is 1. The van der Waals surface area contributed by atoms with Gasteiger partial charge in [-0.2, -0.15) is 5.10 Å². The molecular formula is C14H17FN4O2. The van der Waals surface area contributed by atoms with E-state index >= 15 is 0 Å². The van der Waals surface area contributed by atoms with Crippen molar-refractivity contribution in [2.45, 2.75) is 18.6 Å². The van der Waals surface area contributed by atoms with Gasteiger partial charge in [0.25, 0.3) is 0 Å². The number of methoxy groups -OCH3 is 1. The summed E-state index contributed by atoms with van der Waals surface area (Å²) in [5.74, 6) is -0.387. The van der Waals surface area contributed by atoms with Crippen LogP contribution < -0.4 is 5.32 Å². The largest absolute Gasteiger partial charge is 0.380 e. The molecule has 0 saturated carbocycles. The van der Waals surface area contributed by atoms with Gasteiger partial charge < -0.3 is 10.1 Å². The van der Waals surface area contributed by atoms with Gasteiger partial charge in [0, 0.05) is 13.7 Å². The number of nitrogens with zero attached hydrogens (tertiary/aromatic N) is 2. The molecule has 1 saturated heterocycles. The lowest BCUT2D eigenvalue weighted by Crippen LogP contribution is -2.37. The van der Waals surface area contributed by atoms with Crippen LogP contribution in [-0.2, 0) is 9.53 Å². The van der Waals surface area contributed by atoms with Crippen LogP contribution >= 0.6 is 0 Å². The first-order valence-electron chi connectivity index (χ1n) is 6.76. The number of anilines is 1. The lowest BCUT2D eigenvalue weighted by atomic mass is 10.2. The molecule has 0 bridgehead atoms. The van der Waals surface area contributed by atoms with Crippen LogP contribution in [0.3, 0.4) is 0 Å². The Balaban J connectivity index is 1.81. The molecule has 1 aromatic carbocycles. The number of benzene rings is 1. The molecule has 1 aliphatic rings. The Morgan fingerprint density at radius 1 is 1.57 bits per heavy atom. The lowest BCUT2D eigenvalue weighted by molar-refractivity contribution is -0.120. The van der Waals surface area contributed by atoms with Crippen LogP contribution in [0.15, 0.2) is 18.2 Å². The first-order valence-corrected chi connectivity index (χ1v) is 6.76. The molecule has 1 amide bonds. The number of fused-ring (bicyclic) bond motifs is 1. The summed E-state index contributed by atoms with van der Waals surface area (Å²) in [7, 11) is 3.50. The average Bonchev–Trinajstić information content (AvgIpc) is 3.03. The summed E-state index contributed by atoms with van der Waals surface area (Å²) >= 11 is 0. The van der Waals surface area contributed by atoms with Gasteiger partial charge in [-0.05, 0) is 25.6 Å². The maximum atomic E-state index is 13.9. The Morgan fingerprint density at radius 3 is 3.10 bits per heavy atom. The predicted octanol–water partition coefficient (Wildman–Crippen LogP) is 1.36. The van der Waals surface area contributed by atoms with E-state index in [2.05, 4.69) is 15.5 Å². The maximum absolute atomic E-state index is 13.9. The number of carbonyl (C=O) groups excluding carboxylic acids is 1. The number of aromatic nitrogens is 2. The number of hydrogen-bond acceptors (Lipinski definition) is 4. The Kier molecular flexibility index (Phi) is 3.60. The van der Waals surface area contributed by atoms with Crippen molar-refractivity contribution in [3.8, 4) is 0 Å². The normalized spacial score (nSPS) is 22.8. The molecule has 0 aliphatic carbocycles. The Morgan fingerprint density at radius 2 is 2.38 bits per heavy atom. The zero-order valence-electron chi connectivity index (χ0n) is 11.9. The fourth-order valence-electron chi connectivity index (χ4n) is 2.75. The first-order chi connectivity index (χ1) is 10.1. The minimum Gasteiger partial charge on any atom is -0.380 e. The molecule has 2 heterocycles. The standard InChI is InChI=1S/C14H17FN4O2/c1-19-7-8(21-2)6-11(19)14(20)16-13-12-9(15)4-3-5-10(12)17-18-13/h3-5,8,11H,6-7H2,1-2H3,(H2,16,17,18,20)/t8-,11-/m0/s1. The molecule has 2 N–H and O–H groups in total. The van der Waals surface area contributed by atoms with E-state index in [-0.39, 0.29) is 23.9 Å². The zero-order valence-corrected chi connectivity index (χ0v) is 11.9. The van der Waals surface area contributed by atoms with Crippen LogP contribution in [0.5, 0.6) is 0 Å². The predicted molar refractivity (Wildman–Crippen MR) is 76.5 cm³/mol. The van der Waals surface area contributed by atoms with Crippen LogP contribution in [0, 0.1) is 5.82 Å². The smallest absolute Gasteiger partial charge is 0.243 e. The monoisotopic (exact) mass is 292 g/mol. The van der Waals surface area contributed by atoms with Crippen LogP contribution in [0.4, 0.5) is 10.2 Å². The van der Waals surface area contributed by atoms with Crippen LogP contribution in [0.2, 0.25) is 0 Å². The van der Waals surface area contributed by atoms with Gasteiger partial charge in [0.15, 0.2) is 5.82 Å². The molecule has 112 valence electrons. The van der Waals surface area contributed by atoms with Crippen molar-refractivity contribution in [2.24, 2.45) is 0 Å². The fraction of sp³-hybridized carbons (Fsp3) is 0.429. The molecule has 21 heavy (non-hydrogen) atoms. The highest BCUT2D eigenvalue weighted by atomic mass is 19.1. The van der Waals surface area contributed by atoms with Gasteiger partial charge in [0.1, 0.15) is 5.82 Å². The van der Waals surface area contributed by atoms with Crippen molar-refractivity contribution in [1.82, 2.24) is 15.1 Å². The molecule has 6 nitrogen and oxygen atoms in total. The molecule has 1 aromatic heterocycles. The Labute approximate surface area is 121 Å². The van der Waals surface area contributed by atoms with Crippen molar-refractivity contribution in [3.63, 3.8) is 0 Å². The second-order valence-electron chi connectivity index (χ2n) is 5.27. The zero-order chi connectivity index (χ0) is 15.0. The van der Waals surface area contributed by atoms with E-state index in [4.69, 9.17) is 4.74 Å². The number of likely N-dealkylation sites (tertiary alicyclic amines) is 1. The SMILES string of the molecule is CO[C@H]1C[C@@H](C(=O)Nc2n[nH]c3cccc(F)c23)N(C)C1. The van der Waals surface area contributed by atoms with Crippen molar-refractivity contribution < 1.29 is 13.9 Å². The summed E-state index contributed by atoms with van der Waals surface area (Å²) in [5, 5.41) is 9.70. The third-order valence-corrected chi connectivity index (χ3v) is 3.93. The summed E-state index contributed by atoms with van der Waals surface area (Å²) in [5.41, 5.74) is 0.555. The van der Waals surface area contributed by atoms with E-state index < -0.39 is 5.82 Å². The number of H-pyrrole nitrogens is 1. The van der Waals surface area contributed by atoms with Crippen molar-refractivity contribution >= 4 is 22.6 Å². The minimum atomic E-state index is -0.411. The average molecular weight is 292 g/mol. The summed E-state index contributed by atoms with van der Waals surface area (Å²) in [6.45, 7) is 0.699. The number of rotatable bonds is 3. The van der Waals surface area contributed by atoms with E-state index in [1.54, 1.807) is 19.2 Å². The highest BCUT2D eigenvalue weighted by Gasteiger charge is 2.35. The molecule has 2 aromatic rings. The second-order valence-corrected chi connectivity index (χ2v) is 5.27. The van der Waals surface area contributed by atoms with Gasteiger partial charge in [0.05, 0.1) is 23.0 Å². The van der Waals surface area contributed by atoms with Crippen LogP contribution in [0.25, 0.3) is 10.9 Å². The molecule has 1 aliphatic heterocycles. The molecule has 1 fully saturated rings. The highest BCUT2D eigenvalue weighted by Crippen LogP contribution is 2.25. The summed E-state index contributed by atoms with van der Waals surface area (Å²) in [6, 6.07) is 4.35. The van der Waals surface area contributed by atoms with Crippen molar-refractivity contribution in [3.05, 3.63) is 24.0 Å². The van der Waals surface area contributed by atoms with Gasteiger partial charge in [-0.1, -0.05) is 6.07 Å². The van der Waals surface area contributed by atoms with Gasteiger partial charge in [-0.3, -0.25) is 14.8 Å². The van der Waals surface area contributed by atoms with Crippen LogP contribution in [0.1, 0.15) is 6.42 Å². The number of hydrogen-bond donors (Lipinski definition) is 2. The third kappa shape index (κ3) is 2.50. The van der Waals surface area contributed by atoms with E-state index in [9.17, 15) is 9.18 Å². The summed E-state index contributed by atoms with van der Waals surface area (Å²) in [4.78, 5) is 14.3. The van der Waals surface area contributed by atoms with Crippen molar-refractivity contribution in [1.29, 1.82) is 0 Å². The molecule has 0 unspecified atom stereocenters. The molecule has 2 atom stereocenters. The number of carbonyl (C=O) groups is 1. The first kappa shape index (κ1) is 14.0. The van der Waals surface area contributed by atoms with E-state index in [1.165, 1.54) is 6.07 Å². The van der Waals surface area contributed by atoms with E-state index in [0.29, 0.717) is 23.9 Å². The number of likely N-dealkylation sites (N-methyl/N-ethyl adjacent to an activating group) is 1. The van der Waals surface area contributed by atoms with Crippen LogP contribution in [-0.4, -0.2) is 53.9 Å². The highest BCUT2D eigenvalue weighted by molar-refractivity contribution is 6.01. The number of amides is 1. The molecule has 0 spiro atoms. The van der Waals surface area contributed by atoms with Gasteiger partial charge >= 0.3 is 0 Å². The maximum Gasteiger partial charge on any atom is 0.243 e. The van der Waals surface area contributed by atoms with E-state index in [0.717, 1.165) is 0 Å². The topological polar surface area (TPSA) is 70.2 Å². The lowest BCUT2D eigenvalue weighted by Gasteiger charge is -2.17.